The lowest BCUT2D eigenvalue weighted by Gasteiger charge is -2.34. The summed E-state index contributed by atoms with van der Waals surface area (Å²) in [7, 11) is 0. The maximum absolute atomic E-state index is 12.9. The Labute approximate surface area is 189 Å². The summed E-state index contributed by atoms with van der Waals surface area (Å²) >= 11 is 0. The fourth-order valence-corrected chi connectivity index (χ4v) is 5.95. The second-order valence-electron chi connectivity index (χ2n) is 10.0. The number of likely N-dealkylation sites (tertiary alicyclic amines) is 1. The molecule has 0 saturated carbocycles. The molecule has 2 N–H and O–H groups in total. The quantitative estimate of drug-likeness (QED) is 0.688. The van der Waals surface area contributed by atoms with Gasteiger partial charge in [0.2, 0.25) is 11.8 Å². The number of benzene rings is 1. The molecule has 4 heterocycles. The average Bonchev–Trinajstić information content (AvgIpc) is 3.11. The van der Waals surface area contributed by atoms with E-state index >= 15 is 0 Å². The number of piperidine rings is 3. The van der Waals surface area contributed by atoms with E-state index < -0.39 is 6.04 Å². The second kappa shape index (κ2) is 9.32. The van der Waals surface area contributed by atoms with Crippen LogP contribution in [-0.2, 0) is 22.7 Å². The van der Waals surface area contributed by atoms with Gasteiger partial charge in [-0.1, -0.05) is 12.1 Å². The van der Waals surface area contributed by atoms with Gasteiger partial charge in [-0.15, -0.1) is 0 Å². The maximum atomic E-state index is 12.9. The molecule has 32 heavy (non-hydrogen) atoms. The van der Waals surface area contributed by atoms with Crippen LogP contribution in [-0.4, -0.2) is 59.7 Å². The summed E-state index contributed by atoms with van der Waals surface area (Å²) in [6, 6.07) is 5.57. The Morgan fingerprint density at radius 1 is 0.938 bits per heavy atom. The van der Waals surface area contributed by atoms with Crippen molar-refractivity contribution >= 4 is 17.7 Å². The molecule has 3 saturated heterocycles. The fraction of sp³-hybridized carbons (Fsp3) is 0.640. The molecule has 7 nitrogen and oxygen atoms in total. The Morgan fingerprint density at radius 2 is 1.69 bits per heavy atom. The highest BCUT2D eigenvalue weighted by atomic mass is 16.2. The lowest BCUT2D eigenvalue weighted by atomic mass is 9.83. The van der Waals surface area contributed by atoms with Crippen molar-refractivity contribution in [2.75, 3.05) is 26.2 Å². The van der Waals surface area contributed by atoms with E-state index in [4.69, 9.17) is 0 Å². The molecule has 0 aromatic heterocycles. The molecule has 1 unspecified atom stereocenters. The van der Waals surface area contributed by atoms with Gasteiger partial charge in [-0.3, -0.25) is 24.6 Å². The van der Waals surface area contributed by atoms with Crippen molar-refractivity contribution in [1.82, 2.24) is 20.4 Å². The van der Waals surface area contributed by atoms with Crippen molar-refractivity contribution in [1.29, 1.82) is 0 Å². The number of carbonyl (C=O) groups excluding carboxylic acids is 3. The predicted octanol–water partition coefficient (Wildman–Crippen LogP) is 2.05. The van der Waals surface area contributed by atoms with Crippen LogP contribution in [0.3, 0.4) is 0 Å². The van der Waals surface area contributed by atoms with E-state index in [1.165, 1.54) is 50.8 Å². The van der Waals surface area contributed by atoms with Crippen LogP contribution >= 0.6 is 0 Å². The van der Waals surface area contributed by atoms with Gasteiger partial charge < -0.3 is 10.2 Å². The number of fused-ring (bicyclic) bond motifs is 1. The van der Waals surface area contributed by atoms with E-state index in [-0.39, 0.29) is 24.1 Å². The molecule has 3 fully saturated rings. The van der Waals surface area contributed by atoms with Crippen LogP contribution < -0.4 is 10.6 Å². The maximum Gasteiger partial charge on any atom is 0.255 e. The topological polar surface area (TPSA) is 81.8 Å². The molecule has 4 aliphatic rings. The zero-order chi connectivity index (χ0) is 22.1. The molecule has 172 valence electrons. The van der Waals surface area contributed by atoms with Crippen molar-refractivity contribution < 1.29 is 14.4 Å². The van der Waals surface area contributed by atoms with Gasteiger partial charge in [-0.25, -0.2) is 0 Å². The van der Waals surface area contributed by atoms with Gasteiger partial charge in [0.1, 0.15) is 6.04 Å². The van der Waals surface area contributed by atoms with Gasteiger partial charge in [0.15, 0.2) is 0 Å². The third kappa shape index (κ3) is 4.59. The van der Waals surface area contributed by atoms with Crippen molar-refractivity contribution in [3.63, 3.8) is 0 Å². The molecule has 7 heteroatoms. The van der Waals surface area contributed by atoms with Gasteiger partial charge in [0.25, 0.3) is 5.91 Å². The van der Waals surface area contributed by atoms with Crippen molar-refractivity contribution in [2.24, 2.45) is 11.8 Å². The number of hydrogen-bond donors (Lipinski definition) is 2. The van der Waals surface area contributed by atoms with Gasteiger partial charge in [-0.2, -0.15) is 0 Å². The fourth-order valence-electron chi connectivity index (χ4n) is 5.95. The van der Waals surface area contributed by atoms with E-state index in [9.17, 15) is 14.4 Å². The normalized spacial score (nSPS) is 25.8. The molecule has 0 bridgehead atoms. The monoisotopic (exact) mass is 438 g/mol. The minimum absolute atomic E-state index is 0.0974. The number of hydrogen-bond acceptors (Lipinski definition) is 5. The first-order valence-electron chi connectivity index (χ1n) is 12.3. The van der Waals surface area contributed by atoms with Crippen molar-refractivity contribution in [3.8, 4) is 0 Å². The summed E-state index contributed by atoms with van der Waals surface area (Å²) in [6.07, 6.45) is 7.34. The summed E-state index contributed by atoms with van der Waals surface area (Å²) < 4.78 is 0. The van der Waals surface area contributed by atoms with E-state index in [1.54, 1.807) is 4.90 Å². The Balaban J connectivity index is 1.15. The van der Waals surface area contributed by atoms with Crippen LogP contribution in [0.2, 0.25) is 0 Å². The molecule has 1 aromatic carbocycles. The smallest absolute Gasteiger partial charge is 0.255 e. The third-order valence-corrected chi connectivity index (χ3v) is 7.83. The van der Waals surface area contributed by atoms with E-state index in [2.05, 4.69) is 27.7 Å². The van der Waals surface area contributed by atoms with E-state index in [1.807, 2.05) is 6.07 Å². The average molecular weight is 439 g/mol. The van der Waals surface area contributed by atoms with Crippen LogP contribution in [0.15, 0.2) is 18.2 Å². The van der Waals surface area contributed by atoms with E-state index in [0.29, 0.717) is 18.5 Å². The Morgan fingerprint density at radius 3 is 2.44 bits per heavy atom. The minimum atomic E-state index is -0.546. The highest BCUT2D eigenvalue weighted by Gasteiger charge is 2.39. The largest absolute Gasteiger partial charge is 0.322 e. The summed E-state index contributed by atoms with van der Waals surface area (Å²) in [5.41, 5.74) is 2.93. The first kappa shape index (κ1) is 21.6. The lowest BCUT2D eigenvalue weighted by molar-refractivity contribution is -0.136. The van der Waals surface area contributed by atoms with E-state index in [0.717, 1.165) is 37.0 Å². The zero-order valence-electron chi connectivity index (χ0n) is 18.8. The summed E-state index contributed by atoms with van der Waals surface area (Å²) in [6.45, 7) is 6.03. The number of carbonyl (C=O) groups is 3. The summed E-state index contributed by atoms with van der Waals surface area (Å²) in [5, 5.41) is 5.83. The third-order valence-electron chi connectivity index (χ3n) is 7.83. The highest BCUT2D eigenvalue weighted by Crippen LogP contribution is 2.31. The molecule has 0 spiro atoms. The highest BCUT2D eigenvalue weighted by molar-refractivity contribution is 6.05. The number of nitrogens with one attached hydrogen (secondary N) is 2. The first-order valence-corrected chi connectivity index (χ1v) is 12.3. The molecule has 4 aliphatic heterocycles. The molecule has 1 aromatic rings. The van der Waals surface area contributed by atoms with Crippen LogP contribution in [0.1, 0.15) is 66.4 Å². The SMILES string of the molecule is O=C1CCC(N2Cc3cc(CN4CCC(CC5CCNCC5)CC4)ccc3C2=O)C(=O)N1. The molecular weight excluding hydrogens is 404 g/mol. The van der Waals surface area contributed by atoms with Gasteiger partial charge in [-0.05, 0) is 93.7 Å². The Hall–Kier alpha value is -2.25. The number of rotatable bonds is 5. The molecule has 0 aliphatic carbocycles. The second-order valence-corrected chi connectivity index (χ2v) is 10.0. The summed E-state index contributed by atoms with van der Waals surface area (Å²) in [4.78, 5) is 40.7. The van der Waals surface area contributed by atoms with Gasteiger partial charge >= 0.3 is 0 Å². The standard InChI is InChI=1S/C25H34N4O3/c30-23-4-3-22(24(31)27-23)29-16-20-14-19(1-2-21(20)25(29)32)15-28-11-7-18(8-12-28)13-17-5-9-26-10-6-17/h1-2,14,17-18,22,26H,3-13,15-16H2,(H,27,30,31). The number of nitrogens with zero attached hydrogens (tertiary/aromatic N) is 2. The number of imide groups is 1. The minimum Gasteiger partial charge on any atom is -0.322 e. The Kier molecular flexibility index (Phi) is 6.28. The van der Waals surface area contributed by atoms with Crippen molar-refractivity contribution in [2.45, 2.75) is 64.1 Å². The van der Waals surface area contributed by atoms with Gasteiger partial charge in [0, 0.05) is 25.1 Å². The molecule has 3 amide bonds. The molecule has 0 radical (unpaired) electrons. The number of amides is 3. The van der Waals surface area contributed by atoms with Crippen molar-refractivity contribution in [3.05, 3.63) is 34.9 Å². The zero-order valence-corrected chi connectivity index (χ0v) is 18.8. The van der Waals surface area contributed by atoms with Crippen LogP contribution in [0.25, 0.3) is 0 Å². The first-order chi connectivity index (χ1) is 15.6. The molecule has 1 atom stereocenters. The van der Waals surface area contributed by atoms with Crippen LogP contribution in [0, 0.1) is 11.8 Å². The molecular formula is C25H34N4O3. The predicted molar refractivity (Wildman–Crippen MR) is 121 cm³/mol. The van der Waals surface area contributed by atoms with Crippen LogP contribution in [0.4, 0.5) is 0 Å². The Bertz CT molecular complexity index is 887. The van der Waals surface area contributed by atoms with Gasteiger partial charge in [0.05, 0.1) is 0 Å². The summed E-state index contributed by atoms with van der Waals surface area (Å²) in [5.74, 6) is 1.08. The molecule has 5 rings (SSSR count). The lowest BCUT2D eigenvalue weighted by Crippen LogP contribution is -2.52. The van der Waals surface area contributed by atoms with Crippen LogP contribution in [0.5, 0.6) is 0 Å².